The number of aromatic amines is 1. The van der Waals surface area contributed by atoms with E-state index >= 15 is 0 Å². The molecule has 0 saturated carbocycles. The third kappa shape index (κ3) is 1.94. The van der Waals surface area contributed by atoms with Crippen LogP contribution in [0, 0.1) is 0 Å². The molecule has 0 aliphatic carbocycles. The van der Waals surface area contributed by atoms with Crippen LogP contribution in [0.15, 0.2) is 18.2 Å². The zero-order valence-electron chi connectivity index (χ0n) is 9.57. The number of hydrogen-bond donors (Lipinski definition) is 3. The topological polar surface area (TPSA) is 74.9 Å². The molecule has 4 N–H and O–H groups in total. The Morgan fingerprint density at radius 3 is 2.81 bits per heavy atom. The molecular formula is C12H17N3O. The number of nitrogens with zero attached hydrogens (tertiary/aromatic N) is 1. The Bertz CT molecular complexity index is 490. The molecule has 4 nitrogen and oxygen atoms in total. The van der Waals surface area contributed by atoms with Crippen molar-refractivity contribution in [1.29, 1.82) is 0 Å². The van der Waals surface area contributed by atoms with Crippen LogP contribution in [-0.4, -0.2) is 21.6 Å². The molecule has 16 heavy (non-hydrogen) atoms. The second-order valence-corrected chi connectivity index (χ2v) is 4.30. The summed E-state index contributed by atoms with van der Waals surface area (Å²) in [7, 11) is 0. The van der Waals surface area contributed by atoms with E-state index in [4.69, 9.17) is 5.73 Å². The summed E-state index contributed by atoms with van der Waals surface area (Å²) in [5.41, 5.74) is 8.13. The lowest BCUT2D eigenvalue weighted by Crippen LogP contribution is -2.11. The predicted octanol–water partition coefficient (Wildman–Crippen LogP) is 1.68. The molecule has 0 aliphatic heterocycles. The van der Waals surface area contributed by atoms with E-state index in [9.17, 15) is 5.11 Å². The number of imidazole rings is 1. The van der Waals surface area contributed by atoms with Crippen LogP contribution < -0.4 is 5.73 Å². The highest BCUT2D eigenvalue weighted by Crippen LogP contribution is 2.21. The first-order valence-corrected chi connectivity index (χ1v) is 5.49. The number of nitrogens with one attached hydrogen (secondary N) is 1. The van der Waals surface area contributed by atoms with Crippen molar-refractivity contribution in [3.63, 3.8) is 0 Å². The van der Waals surface area contributed by atoms with Crippen molar-refractivity contribution in [3.05, 3.63) is 29.6 Å². The summed E-state index contributed by atoms with van der Waals surface area (Å²) in [5.74, 6) is 1.34. The van der Waals surface area contributed by atoms with Gasteiger partial charge >= 0.3 is 0 Å². The van der Waals surface area contributed by atoms with Crippen LogP contribution in [0.2, 0.25) is 0 Å². The molecule has 0 radical (unpaired) electrons. The Labute approximate surface area is 94.5 Å². The molecule has 0 aliphatic rings. The van der Waals surface area contributed by atoms with Gasteiger partial charge in [-0.25, -0.2) is 4.98 Å². The van der Waals surface area contributed by atoms with Crippen LogP contribution in [0.3, 0.4) is 0 Å². The molecule has 1 aromatic heterocycles. The number of hydrogen-bond acceptors (Lipinski definition) is 3. The summed E-state index contributed by atoms with van der Waals surface area (Å²) >= 11 is 0. The first kappa shape index (κ1) is 11.1. The Kier molecular flexibility index (Phi) is 2.94. The summed E-state index contributed by atoms with van der Waals surface area (Å²) in [6, 6.07) is 5.68. The van der Waals surface area contributed by atoms with Crippen molar-refractivity contribution >= 4 is 11.0 Å². The average molecular weight is 219 g/mol. The lowest BCUT2D eigenvalue weighted by molar-refractivity contribution is 0.187. The fourth-order valence-electron chi connectivity index (χ4n) is 1.66. The number of aliphatic hydroxyl groups is 1. The molecule has 0 saturated heterocycles. The third-order valence-corrected chi connectivity index (χ3v) is 2.68. The first-order valence-electron chi connectivity index (χ1n) is 5.49. The van der Waals surface area contributed by atoms with Gasteiger partial charge in [-0.2, -0.15) is 0 Å². The van der Waals surface area contributed by atoms with E-state index < -0.39 is 6.10 Å². The highest BCUT2D eigenvalue weighted by molar-refractivity contribution is 5.76. The maximum Gasteiger partial charge on any atom is 0.109 e. The lowest BCUT2D eigenvalue weighted by atomic mass is 10.1. The van der Waals surface area contributed by atoms with E-state index in [1.54, 1.807) is 0 Å². The second kappa shape index (κ2) is 4.23. The number of rotatable bonds is 3. The van der Waals surface area contributed by atoms with Crippen LogP contribution in [0.1, 0.15) is 37.3 Å². The van der Waals surface area contributed by atoms with Crippen molar-refractivity contribution in [2.75, 3.05) is 6.54 Å². The summed E-state index contributed by atoms with van der Waals surface area (Å²) in [6.07, 6.45) is -0.602. The Balaban J connectivity index is 2.45. The molecule has 0 fully saturated rings. The van der Waals surface area contributed by atoms with Crippen molar-refractivity contribution in [2.24, 2.45) is 5.73 Å². The van der Waals surface area contributed by atoms with E-state index in [1.165, 1.54) is 0 Å². The summed E-state index contributed by atoms with van der Waals surface area (Å²) in [4.78, 5) is 7.72. The minimum absolute atomic E-state index is 0.233. The summed E-state index contributed by atoms with van der Waals surface area (Å²) < 4.78 is 0. The minimum atomic E-state index is -0.602. The Hall–Kier alpha value is -1.39. The molecule has 1 atom stereocenters. The van der Waals surface area contributed by atoms with E-state index in [-0.39, 0.29) is 6.54 Å². The molecule has 0 spiro atoms. The number of fused-ring (bicyclic) bond motifs is 1. The quantitative estimate of drug-likeness (QED) is 0.735. The van der Waals surface area contributed by atoms with E-state index in [1.807, 2.05) is 18.2 Å². The third-order valence-electron chi connectivity index (χ3n) is 2.68. The van der Waals surface area contributed by atoms with Gasteiger partial charge in [-0.05, 0) is 17.7 Å². The Morgan fingerprint density at radius 2 is 2.19 bits per heavy atom. The van der Waals surface area contributed by atoms with Gasteiger partial charge in [0, 0.05) is 12.5 Å². The van der Waals surface area contributed by atoms with Gasteiger partial charge < -0.3 is 15.8 Å². The summed E-state index contributed by atoms with van der Waals surface area (Å²) in [6.45, 7) is 4.41. The zero-order chi connectivity index (χ0) is 11.7. The average Bonchev–Trinajstić information content (AvgIpc) is 2.70. The van der Waals surface area contributed by atoms with Crippen LogP contribution in [0.25, 0.3) is 11.0 Å². The molecule has 0 bridgehead atoms. The predicted molar refractivity (Wildman–Crippen MR) is 64.2 cm³/mol. The highest BCUT2D eigenvalue weighted by Gasteiger charge is 2.09. The number of aromatic nitrogens is 2. The van der Waals surface area contributed by atoms with E-state index in [0.717, 1.165) is 22.4 Å². The van der Waals surface area contributed by atoms with Crippen molar-refractivity contribution in [1.82, 2.24) is 9.97 Å². The molecule has 2 aromatic rings. The van der Waals surface area contributed by atoms with Gasteiger partial charge in [0.25, 0.3) is 0 Å². The number of benzene rings is 1. The molecule has 1 unspecified atom stereocenters. The van der Waals surface area contributed by atoms with Gasteiger partial charge in [0.2, 0.25) is 0 Å². The van der Waals surface area contributed by atoms with Gasteiger partial charge in [0.15, 0.2) is 0 Å². The number of nitrogens with two attached hydrogens (primary N) is 1. The van der Waals surface area contributed by atoms with Crippen molar-refractivity contribution in [3.8, 4) is 0 Å². The fraction of sp³-hybridized carbons (Fsp3) is 0.417. The van der Waals surface area contributed by atoms with Crippen LogP contribution >= 0.6 is 0 Å². The standard InChI is InChI=1S/C12H17N3O/c1-7(2)12-14-9-4-3-8(11(16)6-13)5-10(9)15-12/h3-5,7,11,16H,6,13H2,1-2H3,(H,14,15). The second-order valence-electron chi connectivity index (χ2n) is 4.30. The minimum Gasteiger partial charge on any atom is -0.387 e. The highest BCUT2D eigenvalue weighted by atomic mass is 16.3. The van der Waals surface area contributed by atoms with Gasteiger partial charge in [0.05, 0.1) is 17.1 Å². The van der Waals surface area contributed by atoms with Crippen molar-refractivity contribution in [2.45, 2.75) is 25.9 Å². The fourth-order valence-corrected chi connectivity index (χ4v) is 1.66. The number of H-pyrrole nitrogens is 1. The van der Waals surface area contributed by atoms with E-state index in [2.05, 4.69) is 23.8 Å². The molecule has 4 heteroatoms. The van der Waals surface area contributed by atoms with Crippen LogP contribution in [0.5, 0.6) is 0 Å². The molecule has 2 rings (SSSR count). The monoisotopic (exact) mass is 219 g/mol. The van der Waals surface area contributed by atoms with Gasteiger partial charge in [-0.3, -0.25) is 0 Å². The Morgan fingerprint density at radius 1 is 1.44 bits per heavy atom. The zero-order valence-corrected chi connectivity index (χ0v) is 9.57. The molecular weight excluding hydrogens is 202 g/mol. The maximum atomic E-state index is 9.65. The smallest absolute Gasteiger partial charge is 0.109 e. The lowest BCUT2D eigenvalue weighted by Gasteiger charge is -2.06. The van der Waals surface area contributed by atoms with Crippen molar-refractivity contribution < 1.29 is 5.11 Å². The molecule has 1 heterocycles. The molecule has 86 valence electrons. The van der Waals surface area contributed by atoms with E-state index in [0.29, 0.717) is 5.92 Å². The number of aliphatic hydroxyl groups excluding tert-OH is 1. The normalized spacial score (nSPS) is 13.6. The van der Waals surface area contributed by atoms with Crippen LogP contribution in [-0.2, 0) is 0 Å². The van der Waals surface area contributed by atoms with Gasteiger partial charge in [-0.15, -0.1) is 0 Å². The maximum absolute atomic E-state index is 9.65. The SMILES string of the molecule is CC(C)c1nc2ccc(C(O)CN)cc2[nH]1. The molecule has 1 aromatic carbocycles. The summed E-state index contributed by atoms with van der Waals surface area (Å²) in [5, 5.41) is 9.65. The van der Waals surface area contributed by atoms with Gasteiger partial charge in [0.1, 0.15) is 5.82 Å². The molecule has 0 amide bonds. The van der Waals surface area contributed by atoms with Gasteiger partial charge in [-0.1, -0.05) is 19.9 Å². The van der Waals surface area contributed by atoms with Crippen LogP contribution in [0.4, 0.5) is 0 Å². The largest absolute Gasteiger partial charge is 0.387 e. The first-order chi connectivity index (χ1) is 7.61.